The fourth-order valence-electron chi connectivity index (χ4n) is 0.804. The van der Waals surface area contributed by atoms with Crippen molar-refractivity contribution in [3.05, 3.63) is 23.0 Å². The predicted octanol–water partition coefficient (Wildman–Crippen LogP) is -0.230. The van der Waals surface area contributed by atoms with E-state index in [0.717, 1.165) is 11.9 Å². The molecule has 0 spiro atoms. The molecule has 7 heteroatoms. The number of carbonyl (C=O) groups excluding carboxylic acids is 1. The number of carboxylic acids is 1. The molecule has 0 atom stereocenters. The highest BCUT2D eigenvalue weighted by molar-refractivity contribution is 8.01. The number of carboxylic acid groups (broad SMARTS) is 1. The van der Waals surface area contributed by atoms with Gasteiger partial charge in [-0.2, -0.15) is 4.83 Å². The number of carbonyl (C=O) groups is 2. The van der Waals surface area contributed by atoms with Crippen LogP contribution in [0, 0.1) is 0 Å². The monoisotopic (exact) mass is 215 g/mol. The standard InChI is InChI=1S/C7H9N3O3S/c8-6-3-10(9-14-6)5(4-11)1-2-7(12)13/h1,3-4,9H,2,8H2,(H,12,13). The Kier molecular flexibility index (Phi) is 3.55. The molecule has 0 aromatic carbocycles. The van der Waals surface area contributed by atoms with E-state index in [-0.39, 0.29) is 12.1 Å². The first-order valence-corrected chi connectivity index (χ1v) is 4.51. The van der Waals surface area contributed by atoms with E-state index in [4.69, 9.17) is 10.8 Å². The van der Waals surface area contributed by atoms with Gasteiger partial charge in [0.25, 0.3) is 0 Å². The molecule has 1 heterocycles. The van der Waals surface area contributed by atoms with E-state index in [0.29, 0.717) is 11.3 Å². The van der Waals surface area contributed by atoms with Gasteiger partial charge in [0.2, 0.25) is 0 Å². The molecule has 0 saturated carbocycles. The van der Waals surface area contributed by atoms with Crippen molar-refractivity contribution < 1.29 is 14.7 Å². The van der Waals surface area contributed by atoms with E-state index in [1.54, 1.807) is 0 Å². The summed E-state index contributed by atoms with van der Waals surface area (Å²) in [6, 6.07) is 0. The molecule has 0 aromatic rings. The number of hydrogen-bond acceptors (Lipinski definition) is 6. The highest BCUT2D eigenvalue weighted by atomic mass is 32.2. The van der Waals surface area contributed by atoms with E-state index in [9.17, 15) is 9.59 Å². The minimum Gasteiger partial charge on any atom is -0.481 e. The molecule has 14 heavy (non-hydrogen) atoms. The Hall–Kier alpha value is -1.47. The molecule has 0 bridgehead atoms. The fraction of sp³-hybridized carbons (Fsp3) is 0.143. The lowest BCUT2D eigenvalue weighted by Gasteiger charge is -2.12. The van der Waals surface area contributed by atoms with Crippen LogP contribution in [-0.4, -0.2) is 22.4 Å². The summed E-state index contributed by atoms with van der Waals surface area (Å²) in [6.07, 6.45) is 3.17. The van der Waals surface area contributed by atoms with Gasteiger partial charge in [-0.1, -0.05) is 0 Å². The molecule has 0 fully saturated rings. The molecule has 0 aliphatic carbocycles. The molecule has 0 saturated heterocycles. The third kappa shape index (κ3) is 2.79. The number of rotatable bonds is 4. The summed E-state index contributed by atoms with van der Waals surface area (Å²) >= 11 is 1.15. The van der Waals surface area contributed by atoms with Gasteiger partial charge in [0.1, 0.15) is 5.03 Å². The van der Waals surface area contributed by atoms with E-state index < -0.39 is 5.97 Å². The van der Waals surface area contributed by atoms with Crippen LogP contribution >= 0.6 is 11.9 Å². The largest absolute Gasteiger partial charge is 0.481 e. The highest BCUT2D eigenvalue weighted by Gasteiger charge is 2.13. The maximum atomic E-state index is 10.6. The summed E-state index contributed by atoms with van der Waals surface area (Å²) in [6.45, 7) is 0. The molecule has 6 nitrogen and oxygen atoms in total. The van der Waals surface area contributed by atoms with Gasteiger partial charge in [-0.05, 0) is 18.0 Å². The lowest BCUT2D eigenvalue weighted by atomic mass is 10.3. The Labute approximate surface area is 84.5 Å². The summed E-state index contributed by atoms with van der Waals surface area (Å²) < 4.78 is 0. The number of nitrogens with zero attached hydrogens (tertiary/aromatic N) is 1. The predicted molar refractivity (Wildman–Crippen MR) is 51.2 cm³/mol. The molecular formula is C7H9N3O3S. The first kappa shape index (κ1) is 10.6. The smallest absolute Gasteiger partial charge is 0.307 e. The number of nitrogens with two attached hydrogens (primary N) is 1. The van der Waals surface area contributed by atoms with Crippen molar-refractivity contribution in [2.24, 2.45) is 5.73 Å². The number of hydrazine groups is 1. The third-order valence-corrected chi connectivity index (χ3v) is 2.03. The molecule has 1 rings (SSSR count). The van der Waals surface area contributed by atoms with Crippen LogP contribution in [0.1, 0.15) is 6.42 Å². The van der Waals surface area contributed by atoms with Gasteiger partial charge >= 0.3 is 5.97 Å². The van der Waals surface area contributed by atoms with Gasteiger partial charge in [0.05, 0.1) is 18.3 Å². The molecule has 4 N–H and O–H groups in total. The number of aliphatic carboxylic acids is 1. The van der Waals surface area contributed by atoms with Gasteiger partial charge < -0.3 is 10.8 Å². The van der Waals surface area contributed by atoms with Crippen molar-refractivity contribution in [1.82, 2.24) is 9.84 Å². The van der Waals surface area contributed by atoms with Crippen molar-refractivity contribution in [1.29, 1.82) is 0 Å². The van der Waals surface area contributed by atoms with Gasteiger partial charge in [-0.3, -0.25) is 14.6 Å². The molecule has 0 radical (unpaired) electrons. The Morgan fingerprint density at radius 2 is 2.50 bits per heavy atom. The summed E-state index contributed by atoms with van der Waals surface area (Å²) in [4.78, 5) is 23.6. The minimum absolute atomic E-state index is 0.204. The summed E-state index contributed by atoms with van der Waals surface area (Å²) in [5.41, 5.74) is 5.66. The molecule has 1 aliphatic rings. The number of allylic oxidation sites excluding steroid dienone is 1. The van der Waals surface area contributed by atoms with Crippen molar-refractivity contribution in [2.45, 2.75) is 6.42 Å². The third-order valence-electron chi connectivity index (χ3n) is 1.40. The average Bonchev–Trinajstić information content (AvgIpc) is 2.53. The van der Waals surface area contributed by atoms with E-state index in [1.807, 2.05) is 0 Å². The van der Waals surface area contributed by atoms with Crippen LogP contribution in [0.25, 0.3) is 0 Å². The molecule has 0 amide bonds. The maximum absolute atomic E-state index is 10.6. The van der Waals surface area contributed by atoms with Crippen LogP contribution in [0.2, 0.25) is 0 Å². The quantitative estimate of drug-likeness (QED) is 0.338. The van der Waals surface area contributed by atoms with Crippen molar-refractivity contribution >= 4 is 24.2 Å². The zero-order chi connectivity index (χ0) is 10.6. The molecule has 0 unspecified atom stereocenters. The Balaban J connectivity index is 2.67. The summed E-state index contributed by atoms with van der Waals surface area (Å²) in [7, 11) is 0. The van der Waals surface area contributed by atoms with Crippen molar-refractivity contribution in [2.75, 3.05) is 0 Å². The zero-order valence-corrected chi connectivity index (χ0v) is 7.95. The second-order valence-electron chi connectivity index (χ2n) is 2.44. The Morgan fingerprint density at radius 3 is 2.93 bits per heavy atom. The topological polar surface area (TPSA) is 95.7 Å². The van der Waals surface area contributed by atoms with Crippen LogP contribution < -0.4 is 10.6 Å². The van der Waals surface area contributed by atoms with Crippen LogP contribution in [-0.2, 0) is 9.59 Å². The lowest BCUT2D eigenvalue weighted by molar-refractivity contribution is -0.136. The zero-order valence-electron chi connectivity index (χ0n) is 7.14. The minimum atomic E-state index is -0.992. The second kappa shape index (κ2) is 4.68. The molecule has 1 aliphatic heterocycles. The first-order valence-electron chi connectivity index (χ1n) is 3.69. The molecule has 0 aromatic heterocycles. The Morgan fingerprint density at radius 1 is 1.79 bits per heavy atom. The van der Waals surface area contributed by atoms with Crippen molar-refractivity contribution in [3.63, 3.8) is 0 Å². The normalized spacial score (nSPS) is 16.7. The highest BCUT2D eigenvalue weighted by Crippen LogP contribution is 2.17. The van der Waals surface area contributed by atoms with E-state index in [2.05, 4.69) is 4.83 Å². The van der Waals surface area contributed by atoms with Crippen LogP contribution in [0.3, 0.4) is 0 Å². The van der Waals surface area contributed by atoms with Crippen LogP contribution in [0.4, 0.5) is 0 Å². The molecular weight excluding hydrogens is 206 g/mol. The van der Waals surface area contributed by atoms with E-state index >= 15 is 0 Å². The average molecular weight is 215 g/mol. The lowest BCUT2D eigenvalue weighted by Crippen LogP contribution is -2.24. The van der Waals surface area contributed by atoms with Gasteiger partial charge in [0.15, 0.2) is 6.29 Å². The van der Waals surface area contributed by atoms with Gasteiger partial charge in [-0.15, -0.1) is 0 Å². The number of aldehydes is 1. The SMILES string of the molecule is NC1=CN(C(C=O)=CCC(=O)O)NS1. The summed E-state index contributed by atoms with van der Waals surface area (Å²) in [5.74, 6) is -0.992. The van der Waals surface area contributed by atoms with Gasteiger partial charge in [-0.25, -0.2) is 0 Å². The van der Waals surface area contributed by atoms with Gasteiger partial charge in [0, 0.05) is 0 Å². The van der Waals surface area contributed by atoms with Crippen LogP contribution in [0.5, 0.6) is 0 Å². The summed E-state index contributed by atoms with van der Waals surface area (Å²) in [5, 5.41) is 10.3. The van der Waals surface area contributed by atoms with Crippen molar-refractivity contribution in [3.8, 4) is 0 Å². The fourth-order valence-corrected chi connectivity index (χ4v) is 1.32. The second-order valence-corrected chi connectivity index (χ2v) is 3.30. The molecule has 76 valence electrons. The first-order chi connectivity index (χ1) is 6.63. The number of hydrogen-bond donors (Lipinski definition) is 3. The van der Waals surface area contributed by atoms with Crippen LogP contribution in [0.15, 0.2) is 23.0 Å². The number of nitrogens with one attached hydrogen (secondary N) is 1. The Bertz CT molecular complexity index is 313. The van der Waals surface area contributed by atoms with E-state index in [1.165, 1.54) is 17.3 Å². The maximum Gasteiger partial charge on any atom is 0.307 e.